The van der Waals surface area contributed by atoms with Crippen molar-refractivity contribution in [3.63, 3.8) is 0 Å². The molecule has 0 rings (SSSR count). The van der Waals surface area contributed by atoms with Gasteiger partial charge in [0.15, 0.2) is 31.0 Å². The largest absolute Gasteiger partial charge is 0.582 e. The van der Waals surface area contributed by atoms with Gasteiger partial charge in [0.25, 0.3) is 0 Å². The van der Waals surface area contributed by atoms with Crippen molar-refractivity contribution >= 4 is 37.1 Å². The van der Waals surface area contributed by atoms with E-state index in [0.717, 1.165) is 0 Å². The predicted octanol–water partition coefficient (Wildman–Crippen LogP) is 1.27. The van der Waals surface area contributed by atoms with Crippen LogP contribution in [0.5, 0.6) is 0 Å². The molecule has 0 unspecified atom stereocenters. The quantitative estimate of drug-likeness (QED) is 0.551. The van der Waals surface area contributed by atoms with E-state index in [9.17, 15) is 0 Å². The fraction of sp³-hybridized carbons (Fsp3) is 0. The van der Waals surface area contributed by atoms with Crippen LogP contribution in [-0.2, 0) is 9.60 Å². The SMILES string of the molecule is O=C(O)O.[O-][S+](Cl)Cl. The second-order valence-electron chi connectivity index (χ2n) is 0.467. The summed E-state index contributed by atoms with van der Waals surface area (Å²) < 4.78 is 9.09. The molecule has 0 aliphatic rings. The first-order valence-corrected chi connectivity index (χ1v) is 3.93. The van der Waals surface area contributed by atoms with Gasteiger partial charge in [-0.3, -0.25) is 0 Å². The standard InChI is InChI=1S/CH2O3.Cl2OS/c2-1(3)4;1-4(2)3/h(H2,2,3,4);. The molecule has 0 aliphatic carbocycles. The zero-order valence-electron chi connectivity index (χ0n) is 3.38. The van der Waals surface area contributed by atoms with E-state index >= 15 is 0 Å². The highest BCUT2D eigenvalue weighted by Gasteiger charge is 1.83. The molecule has 8 heavy (non-hydrogen) atoms. The maximum atomic E-state index is 9.09. The van der Waals surface area contributed by atoms with Gasteiger partial charge < -0.3 is 14.8 Å². The summed E-state index contributed by atoms with van der Waals surface area (Å²) in [6.07, 6.45) is -1.83. The van der Waals surface area contributed by atoms with Gasteiger partial charge in [-0.25, -0.2) is 4.79 Å². The molecule has 7 heteroatoms. The molecule has 4 nitrogen and oxygen atoms in total. The Morgan fingerprint density at radius 1 is 1.50 bits per heavy atom. The van der Waals surface area contributed by atoms with Crippen LogP contribution in [0.15, 0.2) is 0 Å². The number of hydrogen-bond donors (Lipinski definition) is 2. The molecule has 0 fully saturated rings. The third kappa shape index (κ3) is 6410. The Hall–Kier alpha value is 0.160. The maximum absolute atomic E-state index is 9.09. The highest BCUT2D eigenvalue weighted by atomic mass is 36.0. The van der Waals surface area contributed by atoms with Crippen molar-refractivity contribution in [1.29, 1.82) is 0 Å². The number of rotatable bonds is 0. The van der Waals surface area contributed by atoms with Crippen LogP contribution in [0.4, 0.5) is 4.79 Å². The Labute approximate surface area is 57.2 Å². The number of halogens is 2. The summed E-state index contributed by atoms with van der Waals surface area (Å²) >= 11 is 0. The van der Waals surface area contributed by atoms with Crippen LogP contribution in [0.1, 0.15) is 0 Å². The topological polar surface area (TPSA) is 80.6 Å². The van der Waals surface area contributed by atoms with E-state index in [1.807, 2.05) is 0 Å². The first-order valence-electron chi connectivity index (χ1n) is 1.13. The number of carboxylic acid groups (broad SMARTS) is 2. The number of carbonyl (C=O) groups is 1. The smallest absolute Gasteiger partial charge is 0.503 e. The Morgan fingerprint density at radius 2 is 1.50 bits per heavy atom. The summed E-state index contributed by atoms with van der Waals surface area (Å²) in [5.74, 6) is 0. The zero-order chi connectivity index (χ0) is 7.15. The molecule has 0 saturated heterocycles. The van der Waals surface area contributed by atoms with E-state index in [1.54, 1.807) is 0 Å². The van der Waals surface area contributed by atoms with E-state index in [-0.39, 0.29) is 0 Å². The summed E-state index contributed by atoms with van der Waals surface area (Å²) in [4.78, 5) is 8.56. The van der Waals surface area contributed by atoms with Crippen molar-refractivity contribution in [2.24, 2.45) is 0 Å². The van der Waals surface area contributed by atoms with Crippen LogP contribution in [0.3, 0.4) is 0 Å². The third-order valence-corrected chi connectivity index (χ3v) is 0. The number of hydrogen-bond acceptors (Lipinski definition) is 2. The van der Waals surface area contributed by atoms with Crippen molar-refractivity contribution in [2.75, 3.05) is 0 Å². The van der Waals surface area contributed by atoms with Crippen molar-refractivity contribution in [2.45, 2.75) is 0 Å². The van der Waals surface area contributed by atoms with Gasteiger partial charge >= 0.3 is 6.16 Å². The van der Waals surface area contributed by atoms with Crippen LogP contribution in [-0.4, -0.2) is 20.9 Å². The van der Waals surface area contributed by atoms with E-state index in [0.29, 0.717) is 0 Å². The van der Waals surface area contributed by atoms with Crippen molar-refractivity contribution in [3.05, 3.63) is 0 Å². The minimum absolute atomic E-state index is 1.67. The molecule has 0 saturated carbocycles. The molecule has 0 bridgehead atoms. The molecule has 0 aromatic rings. The maximum Gasteiger partial charge on any atom is 0.503 e. The van der Waals surface area contributed by atoms with E-state index in [4.69, 9.17) is 19.6 Å². The Balaban J connectivity index is 0. The molecular weight excluding hydrogens is 179 g/mol. The summed E-state index contributed by atoms with van der Waals surface area (Å²) in [5, 5.41) is 13.9. The zero-order valence-corrected chi connectivity index (χ0v) is 5.70. The van der Waals surface area contributed by atoms with Crippen LogP contribution in [0.25, 0.3) is 0 Å². The van der Waals surface area contributed by atoms with E-state index < -0.39 is 15.8 Å². The minimum atomic E-state index is -1.83. The Kier molecular flexibility index (Phi) is 9.87. The second kappa shape index (κ2) is 7.16. The lowest BCUT2D eigenvalue weighted by atomic mass is 11.5. The molecule has 0 spiro atoms. The first kappa shape index (κ1) is 11.0. The van der Waals surface area contributed by atoms with Crippen molar-refractivity contribution in [3.8, 4) is 0 Å². The van der Waals surface area contributed by atoms with Gasteiger partial charge in [0.1, 0.15) is 0 Å². The van der Waals surface area contributed by atoms with Gasteiger partial charge in [-0.1, -0.05) is 0 Å². The lowest BCUT2D eigenvalue weighted by Gasteiger charge is -1.73. The first-order chi connectivity index (χ1) is 3.46. The molecule has 50 valence electrons. The van der Waals surface area contributed by atoms with Gasteiger partial charge in [0.05, 0.1) is 0 Å². The molecular formula is CH2Cl2O4S. The van der Waals surface area contributed by atoms with Gasteiger partial charge in [0.2, 0.25) is 0 Å². The fourth-order valence-electron chi connectivity index (χ4n) is 0. The summed E-state index contributed by atoms with van der Waals surface area (Å²) in [6.45, 7) is 0. The average Bonchev–Trinajstić information content (AvgIpc) is 1.25. The third-order valence-electron chi connectivity index (χ3n) is 0. The molecule has 0 heterocycles. The van der Waals surface area contributed by atoms with Crippen LogP contribution in [0, 0.1) is 0 Å². The Bertz CT molecular complexity index is 58.3. The highest BCUT2D eigenvalue weighted by molar-refractivity contribution is 8.31. The van der Waals surface area contributed by atoms with Crippen LogP contribution < -0.4 is 0 Å². The molecule has 0 aromatic heterocycles. The second-order valence-corrected chi connectivity index (χ2v) is 2.99. The average molecular weight is 181 g/mol. The lowest BCUT2D eigenvalue weighted by Crippen LogP contribution is -1.81. The minimum Gasteiger partial charge on any atom is -0.582 e. The Morgan fingerprint density at radius 3 is 1.50 bits per heavy atom. The molecule has 2 N–H and O–H groups in total. The predicted molar refractivity (Wildman–Crippen MR) is 30.5 cm³/mol. The molecule has 0 radical (unpaired) electrons. The van der Waals surface area contributed by atoms with Gasteiger partial charge in [-0.15, -0.1) is 0 Å². The highest BCUT2D eigenvalue weighted by Crippen LogP contribution is 1.98. The van der Waals surface area contributed by atoms with Crippen LogP contribution in [0.2, 0.25) is 0 Å². The van der Waals surface area contributed by atoms with E-state index in [1.165, 1.54) is 0 Å². The van der Waals surface area contributed by atoms with Crippen molar-refractivity contribution < 1.29 is 19.6 Å². The monoisotopic (exact) mass is 180 g/mol. The van der Waals surface area contributed by atoms with Crippen molar-refractivity contribution in [1.82, 2.24) is 0 Å². The van der Waals surface area contributed by atoms with Crippen LogP contribution >= 0.6 is 21.4 Å². The van der Waals surface area contributed by atoms with Gasteiger partial charge in [-0.05, 0) is 0 Å². The summed E-state index contributed by atoms with van der Waals surface area (Å²) in [5.41, 5.74) is 0. The normalized spacial score (nSPS) is 7.50. The summed E-state index contributed by atoms with van der Waals surface area (Å²) in [6, 6.07) is 0. The molecule has 0 atom stereocenters. The lowest BCUT2D eigenvalue weighted by molar-refractivity contribution is 0.137. The van der Waals surface area contributed by atoms with E-state index in [2.05, 4.69) is 21.4 Å². The van der Waals surface area contributed by atoms with Gasteiger partial charge in [-0.2, -0.15) is 0 Å². The van der Waals surface area contributed by atoms with Gasteiger partial charge in [0, 0.05) is 0 Å². The summed E-state index contributed by atoms with van der Waals surface area (Å²) in [7, 11) is 7.36. The molecule has 0 aromatic carbocycles. The molecule has 0 amide bonds. The molecule has 0 aliphatic heterocycles. The fourth-order valence-corrected chi connectivity index (χ4v) is 0.